The van der Waals surface area contributed by atoms with Crippen molar-refractivity contribution in [3.63, 3.8) is 0 Å². The SMILES string of the molecule is CC(C)(C)[Si](C)(C)OCC(O)CN(CCl)S(=O)[O-]. The zero-order valence-electron chi connectivity index (χ0n) is 11.6. The lowest BCUT2D eigenvalue weighted by Crippen LogP contribution is -2.44. The second-order valence-corrected chi connectivity index (χ2v) is 11.7. The summed E-state index contributed by atoms with van der Waals surface area (Å²) in [6.07, 6.45) is -0.865. The Balaban J connectivity index is 4.27. The maximum Gasteiger partial charge on any atom is 0.192 e. The van der Waals surface area contributed by atoms with Crippen molar-refractivity contribution in [2.45, 2.75) is 45.0 Å². The van der Waals surface area contributed by atoms with Gasteiger partial charge in [0.2, 0.25) is 0 Å². The van der Waals surface area contributed by atoms with Crippen LogP contribution in [0.2, 0.25) is 18.1 Å². The number of rotatable bonds is 7. The van der Waals surface area contributed by atoms with E-state index >= 15 is 0 Å². The lowest BCUT2D eigenvalue weighted by molar-refractivity contribution is 0.0854. The fourth-order valence-electron chi connectivity index (χ4n) is 0.958. The van der Waals surface area contributed by atoms with E-state index in [0.717, 1.165) is 4.31 Å². The molecule has 1 N–H and O–H groups in total. The molecule has 2 atom stereocenters. The van der Waals surface area contributed by atoms with E-state index in [9.17, 15) is 13.9 Å². The fraction of sp³-hybridized carbons (Fsp3) is 1.00. The Hall–Kier alpha value is 0.497. The summed E-state index contributed by atoms with van der Waals surface area (Å²) in [6, 6.07) is -0.173. The normalized spacial score (nSPS) is 16.9. The van der Waals surface area contributed by atoms with Crippen molar-refractivity contribution >= 4 is 31.2 Å². The van der Waals surface area contributed by atoms with Gasteiger partial charge in [-0.25, -0.2) is 4.31 Å². The van der Waals surface area contributed by atoms with Crippen LogP contribution in [0.4, 0.5) is 0 Å². The van der Waals surface area contributed by atoms with Crippen molar-refractivity contribution in [1.29, 1.82) is 0 Å². The molecule has 0 rings (SSSR count). The Morgan fingerprint density at radius 3 is 2.33 bits per heavy atom. The maximum atomic E-state index is 10.7. The molecule has 0 bridgehead atoms. The van der Waals surface area contributed by atoms with Crippen molar-refractivity contribution < 1.29 is 18.3 Å². The van der Waals surface area contributed by atoms with Gasteiger partial charge in [0.05, 0.1) is 18.7 Å². The number of alkyl halides is 1. The second kappa shape index (κ2) is 7.32. The van der Waals surface area contributed by atoms with Crippen LogP contribution < -0.4 is 0 Å². The van der Waals surface area contributed by atoms with Crippen LogP contribution in [-0.4, -0.2) is 51.8 Å². The van der Waals surface area contributed by atoms with Crippen LogP contribution in [0.25, 0.3) is 0 Å². The first-order valence-corrected chi connectivity index (χ1v) is 10.2. The smallest absolute Gasteiger partial charge is 0.192 e. The minimum Gasteiger partial charge on any atom is -0.760 e. The Morgan fingerprint density at radius 2 is 2.00 bits per heavy atom. The molecule has 0 aliphatic carbocycles. The molecular formula is C10H23ClNO4SSi-. The van der Waals surface area contributed by atoms with Gasteiger partial charge in [0.25, 0.3) is 0 Å². The molecule has 0 aromatic carbocycles. The van der Waals surface area contributed by atoms with Gasteiger partial charge in [-0.2, -0.15) is 0 Å². The van der Waals surface area contributed by atoms with E-state index in [4.69, 9.17) is 16.0 Å². The van der Waals surface area contributed by atoms with Gasteiger partial charge < -0.3 is 14.1 Å². The van der Waals surface area contributed by atoms with Crippen molar-refractivity contribution in [1.82, 2.24) is 4.31 Å². The third-order valence-electron chi connectivity index (χ3n) is 3.20. The summed E-state index contributed by atoms with van der Waals surface area (Å²) in [7, 11) is -1.92. The number of aliphatic hydroxyl groups excluding tert-OH is 1. The zero-order valence-corrected chi connectivity index (χ0v) is 14.2. The number of halogens is 1. The van der Waals surface area contributed by atoms with Gasteiger partial charge in [-0.05, 0) is 18.1 Å². The second-order valence-electron chi connectivity index (χ2n) is 5.73. The largest absolute Gasteiger partial charge is 0.760 e. The van der Waals surface area contributed by atoms with Crippen LogP contribution >= 0.6 is 11.6 Å². The average molecular weight is 317 g/mol. The van der Waals surface area contributed by atoms with Gasteiger partial charge in [0, 0.05) is 17.8 Å². The Labute approximate surface area is 118 Å². The quantitative estimate of drug-likeness (QED) is 0.335. The Bertz CT molecular complexity index is 286. The molecule has 0 fully saturated rings. The van der Waals surface area contributed by atoms with E-state index < -0.39 is 25.7 Å². The highest BCUT2D eigenvalue weighted by Gasteiger charge is 2.37. The lowest BCUT2D eigenvalue weighted by Gasteiger charge is -2.37. The molecule has 0 aliphatic rings. The number of aliphatic hydroxyl groups is 1. The van der Waals surface area contributed by atoms with E-state index in [1.54, 1.807) is 0 Å². The summed E-state index contributed by atoms with van der Waals surface area (Å²) in [4.78, 5) is 0. The van der Waals surface area contributed by atoms with E-state index in [1.165, 1.54) is 0 Å². The molecule has 0 aliphatic heterocycles. The monoisotopic (exact) mass is 316 g/mol. The molecule has 0 saturated carbocycles. The fourth-order valence-corrected chi connectivity index (χ4v) is 2.71. The van der Waals surface area contributed by atoms with Gasteiger partial charge in [-0.1, -0.05) is 20.8 Å². The van der Waals surface area contributed by atoms with Crippen LogP contribution in [0, 0.1) is 0 Å². The summed E-state index contributed by atoms with van der Waals surface area (Å²) in [6.45, 7) is 10.5. The lowest BCUT2D eigenvalue weighted by atomic mass is 10.2. The molecule has 0 spiro atoms. The van der Waals surface area contributed by atoms with E-state index in [1.807, 2.05) is 0 Å². The van der Waals surface area contributed by atoms with Crippen molar-refractivity contribution in [3.8, 4) is 0 Å². The van der Waals surface area contributed by atoms with Crippen molar-refractivity contribution in [2.75, 3.05) is 19.2 Å². The molecule has 0 aromatic heterocycles. The minimum absolute atomic E-state index is 0.0474. The zero-order chi connectivity index (χ0) is 14.6. The predicted octanol–water partition coefficient (Wildman–Crippen LogP) is 1.66. The third kappa shape index (κ3) is 6.09. The molecule has 8 heteroatoms. The third-order valence-corrected chi connectivity index (χ3v) is 8.83. The molecule has 18 heavy (non-hydrogen) atoms. The Kier molecular flexibility index (Phi) is 7.53. The molecule has 0 heterocycles. The highest BCUT2D eigenvalue weighted by atomic mass is 35.5. The molecule has 2 unspecified atom stereocenters. The molecule has 0 aromatic rings. The first-order chi connectivity index (χ1) is 8.01. The van der Waals surface area contributed by atoms with Crippen molar-refractivity contribution in [3.05, 3.63) is 0 Å². The number of hydrogen-bond donors (Lipinski definition) is 1. The summed E-state index contributed by atoms with van der Waals surface area (Å²) in [5, 5.41) is 9.81. The summed E-state index contributed by atoms with van der Waals surface area (Å²) in [5.74, 6) is 0. The van der Waals surface area contributed by atoms with Crippen molar-refractivity contribution in [2.24, 2.45) is 0 Å². The molecule has 110 valence electrons. The molecule has 0 saturated heterocycles. The average Bonchev–Trinajstić information content (AvgIpc) is 2.21. The summed E-state index contributed by atoms with van der Waals surface area (Å²) in [5.41, 5.74) is 0. The van der Waals surface area contributed by atoms with Crippen LogP contribution in [-0.2, 0) is 15.7 Å². The van der Waals surface area contributed by atoms with Gasteiger partial charge in [0.15, 0.2) is 8.32 Å². The van der Waals surface area contributed by atoms with Crippen LogP contribution in [0.3, 0.4) is 0 Å². The van der Waals surface area contributed by atoms with Gasteiger partial charge >= 0.3 is 0 Å². The minimum atomic E-state index is -2.42. The molecule has 5 nitrogen and oxygen atoms in total. The molecule has 0 amide bonds. The highest BCUT2D eigenvalue weighted by Crippen LogP contribution is 2.36. The topological polar surface area (TPSA) is 72.8 Å². The van der Waals surface area contributed by atoms with Crippen LogP contribution in [0.1, 0.15) is 20.8 Å². The number of hydrogen-bond acceptors (Lipinski definition) is 4. The van der Waals surface area contributed by atoms with Gasteiger partial charge in [-0.3, -0.25) is 4.21 Å². The number of nitrogens with zero attached hydrogens (tertiary/aromatic N) is 1. The van der Waals surface area contributed by atoms with E-state index in [0.29, 0.717) is 0 Å². The maximum absolute atomic E-state index is 10.7. The van der Waals surface area contributed by atoms with Gasteiger partial charge in [-0.15, -0.1) is 11.6 Å². The van der Waals surface area contributed by atoms with E-state index in [2.05, 4.69) is 33.9 Å². The predicted molar refractivity (Wildman–Crippen MR) is 75.5 cm³/mol. The van der Waals surface area contributed by atoms with Gasteiger partial charge in [0.1, 0.15) is 0 Å². The first-order valence-electron chi connectivity index (χ1n) is 5.73. The first kappa shape index (κ1) is 18.5. The van der Waals surface area contributed by atoms with Crippen LogP contribution in [0.15, 0.2) is 0 Å². The van der Waals surface area contributed by atoms with Crippen LogP contribution in [0.5, 0.6) is 0 Å². The standard InChI is InChI=1S/C10H24ClNO4SSi/c1-10(2,3)18(4,5)16-7-9(13)6-12(8-11)17(14)15/h9,13H,6-8H2,1-5H3,(H,14,15)/p-1. The summed E-state index contributed by atoms with van der Waals surface area (Å²) >= 11 is 3.04. The van der Waals surface area contributed by atoms with E-state index in [-0.39, 0.29) is 24.2 Å². The molecule has 0 radical (unpaired) electrons. The highest BCUT2D eigenvalue weighted by molar-refractivity contribution is 7.76. The Morgan fingerprint density at radius 1 is 1.50 bits per heavy atom. The summed E-state index contributed by atoms with van der Waals surface area (Å²) < 4.78 is 28.2. The molecular weight excluding hydrogens is 294 g/mol.